The predicted octanol–water partition coefficient (Wildman–Crippen LogP) is 2.65. The highest BCUT2D eigenvalue weighted by molar-refractivity contribution is 5.88. The van der Waals surface area contributed by atoms with E-state index in [2.05, 4.69) is 10.1 Å². The van der Waals surface area contributed by atoms with Crippen molar-refractivity contribution in [3.8, 4) is 0 Å². The van der Waals surface area contributed by atoms with Gasteiger partial charge in [-0.2, -0.15) is 13.2 Å². The van der Waals surface area contributed by atoms with E-state index in [4.69, 9.17) is 4.74 Å². The first-order valence-electron chi connectivity index (χ1n) is 9.93. The van der Waals surface area contributed by atoms with Crippen LogP contribution in [0.1, 0.15) is 35.1 Å². The lowest BCUT2D eigenvalue weighted by Gasteiger charge is -2.27. The molecule has 0 unspecified atom stereocenters. The molecule has 0 saturated carbocycles. The van der Waals surface area contributed by atoms with Crippen molar-refractivity contribution in [3.63, 3.8) is 0 Å². The first-order chi connectivity index (χ1) is 16.4. The molecule has 0 bridgehead atoms. The van der Waals surface area contributed by atoms with Crippen LogP contribution in [0.4, 0.5) is 18.9 Å². The van der Waals surface area contributed by atoms with Gasteiger partial charge in [-0.15, -0.1) is 0 Å². The van der Waals surface area contributed by atoms with Crippen LogP contribution >= 0.6 is 0 Å². The molecule has 1 amide bonds. The smallest absolute Gasteiger partial charge is 0.416 e. The molecule has 0 saturated heterocycles. The number of ether oxygens (including phenoxy) is 2. The number of carbonyl (C=O) groups excluding carboxylic acids is 3. The van der Waals surface area contributed by atoms with Gasteiger partial charge in [0.1, 0.15) is 6.04 Å². The minimum atomic E-state index is -4.62. The van der Waals surface area contributed by atoms with Gasteiger partial charge in [-0.05, 0) is 23.3 Å². The molecule has 0 heterocycles. The summed E-state index contributed by atoms with van der Waals surface area (Å²) in [5, 5.41) is 23.5. The largest absolute Gasteiger partial charge is 0.469 e. The van der Waals surface area contributed by atoms with Crippen LogP contribution in [0.2, 0.25) is 0 Å². The van der Waals surface area contributed by atoms with Gasteiger partial charge in [-0.1, -0.05) is 24.3 Å². The van der Waals surface area contributed by atoms with Crippen LogP contribution in [0.3, 0.4) is 0 Å². The van der Waals surface area contributed by atoms with Gasteiger partial charge in [0.15, 0.2) is 6.10 Å². The molecule has 0 spiro atoms. The Morgan fingerprint density at radius 2 is 1.54 bits per heavy atom. The van der Waals surface area contributed by atoms with Gasteiger partial charge in [-0.25, -0.2) is 4.79 Å². The molecule has 35 heavy (non-hydrogen) atoms. The fourth-order valence-electron chi connectivity index (χ4n) is 3.22. The normalized spacial score (nSPS) is 13.8. The number of halogens is 3. The highest BCUT2D eigenvalue weighted by Gasteiger charge is 2.36. The van der Waals surface area contributed by atoms with Gasteiger partial charge in [0.25, 0.3) is 11.6 Å². The number of nitrogens with zero attached hydrogens (tertiary/aromatic N) is 1. The summed E-state index contributed by atoms with van der Waals surface area (Å²) in [7, 11) is 2.11. The number of benzene rings is 2. The summed E-state index contributed by atoms with van der Waals surface area (Å²) in [4.78, 5) is 47.5. The second-order valence-electron chi connectivity index (χ2n) is 7.27. The van der Waals surface area contributed by atoms with Gasteiger partial charge in [0.2, 0.25) is 0 Å². The van der Waals surface area contributed by atoms with E-state index in [1.807, 2.05) is 0 Å². The van der Waals surface area contributed by atoms with Gasteiger partial charge in [0.05, 0.1) is 31.1 Å². The van der Waals surface area contributed by atoms with Gasteiger partial charge in [0, 0.05) is 18.1 Å². The Bertz CT molecular complexity index is 1070. The third-order valence-electron chi connectivity index (χ3n) is 5.10. The Morgan fingerprint density at radius 1 is 1.00 bits per heavy atom. The van der Waals surface area contributed by atoms with Crippen molar-refractivity contribution >= 4 is 23.5 Å². The molecule has 0 aliphatic rings. The molecule has 2 rings (SSSR count). The number of rotatable bonds is 9. The summed E-state index contributed by atoms with van der Waals surface area (Å²) in [6.45, 7) is 0. The average Bonchev–Trinajstić information content (AvgIpc) is 2.84. The molecule has 2 N–H and O–H groups in total. The van der Waals surface area contributed by atoms with Crippen LogP contribution in [0.25, 0.3) is 0 Å². The summed E-state index contributed by atoms with van der Waals surface area (Å²) in [5.41, 5.74) is -1.20. The maximum absolute atomic E-state index is 12.8. The molecule has 2 aromatic carbocycles. The Morgan fingerprint density at radius 3 is 2.00 bits per heavy atom. The SMILES string of the molecule is COC(=O)C[C@H](c1ccc([N+](=O)[O-])cc1)[C@H](NC(=O)[C@@H](O)c1ccc(C(F)(F)F)cc1)C(=O)OC. The Kier molecular flexibility index (Phi) is 8.89. The fraction of sp³-hybridized carbons (Fsp3) is 0.318. The molecular formula is C22H21F3N2O8. The quantitative estimate of drug-likeness (QED) is 0.305. The molecule has 3 atom stereocenters. The van der Waals surface area contributed by atoms with Crippen molar-refractivity contribution in [2.45, 2.75) is 30.7 Å². The summed E-state index contributed by atoms with van der Waals surface area (Å²) >= 11 is 0. The summed E-state index contributed by atoms with van der Waals surface area (Å²) in [6.07, 6.45) is -7.03. The summed E-state index contributed by atoms with van der Waals surface area (Å²) in [6, 6.07) is 6.43. The number of carbonyl (C=O) groups is 3. The number of hydrogen-bond donors (Lipinski definition) is 2. The van der Waals surface area contributed by atoms with E-state index >= 15 is 0 Å². The first-order valence-corrected chi connectivity index (χ1v) is 9.93. The van der Waals surface area contributed by atoms with E-state index in [-0.39, 0.29) is 16.8 Å². The number of alkyl halides is 3. The highest BCUT2D eigenvalue weighted by Crippen LogP contribution is 2.31. The van der Waals surface area contributed by atoms with Crippen LogP contribution in [0.15, 0.2) is 48.5 Å². The van der Waals surface area contributed by atoms with Crippen LogP contribution in [0, 0.1) is 10.1 Å². The maximum atomic E-state index is 12.8. The number of amides is 1. The average molecular weight is 498 g/mol. The Hall–Kier alpha value is -4.00. The summed E-state index contributed by atoms with van der Waals surface area (Å²) < 4.78 is 47.6. The van der Waals surface area contributed by atoms with Crippen molar-refractivity contribution in [1.29, 1.82) is 0 Å². The number of methoxy groups -OCH3 is 2. The van der Waals surface area contributed by atoms with E-state index in [1.54, 1.807) is 0 Å². The predicted molar refractivity (Wildman–Crippen MR) is 113 cm³/mol. The van der Waals surface area contributed by atoms with Gasteiger partial charge >= 0.3 is 18.1 Å². The number of aliphatic hydroxyl groups excluding tert-OH is 1. The Balaban J connectivity index is 2.36. The molecule has 0 radical (unpaired) electrons. The van der Waals surface area contributed by atoms with Gasteiger partial charge < -0.3 is 19.9 Å². The number of hydrogen-bond acceptors (Lipinski definition) is 8. The minimum Gasteiger partial charge on any atom is -0.469 e. The van der Waals surface area contributed by atoms with Crippen molar-refractivity contribution in [2.24, 2.45) is 0 Å². The second-order valence-corrected chi connectivity index (χ2v) is 7.27. The second kappa shape index (κ2) is 11.4. The number of nitro groups is 1. The fourth-order valence-corrected chi connectivity index (χ4v) is 3.22. The highest BCUT2D eigenvalue weighted by atomic mass is 19.4. The molecule has 188 valence electrons. The minimum absolute atomic E-state index is 0.182. The number of nitro benzene ring substituents is 1. The lowest BCUT2D eigenvalue weighted by Crippen LogP contribution is -2.47. The molecular weight excluding hydrogens is 477 g/mol. The third-order valence-corrected chi connectivity index (χ3v) is 5.10. The van der Waals surface area contributed by atoms with Crippen LogP contribution in [0.5, 0.6) is 0 Å². The number of aliphatic hydroxyl groups is 1. The van der Waals surface area contributed by atoms with E-state index in [0.717, 1.165) is 38.5 Å². The van der Waals surface area contributed by atoms with E-state index in [1.165, 1.54) is 12.1 Å². The third kappa shape index (κ3) is 6.99. The zero-order valence-corrected chi connectivity index (χ0v) is 18.4. The molecule has 0 aromatic heterocycles. The molecule has 0 fully saturated rings. The van der Waals surface area contributed by atoms with Gasteiger partial charge in [-0.3, -0.25) is 19.7 Å². The molecule has 0 aliphatic heterocycles. The Labute approximate surface area is 196 Å². The summed E-state index contributed by atoms with van der Waals surface area (Å²) in [5.74, 6) is -4.07. The zero-order chi connectivity index (χ0) is 26.3. The van der Waals surface area contributed by atoms with E-state index in [9.17, 15) is 42.8 Å². The maximum Gasteiger partial charge on any atom is 0.416 e. The van der Waals surface area contributed by atoms with Crippen molar-refractivity contribution in [2.75, 3.05) is 14.2 Å². The molecule has 2 aromatic rings. The van der Waals surface area contributed by atoms with Crippen LogP contribution in [-0.2, 0) is 30.0 Å². The lowest BCUT2D eigenvalue weighted by atomic mass is 9.88. The van der Waals surface area contributed by atoms with Crippen LogP contribution < -0.4 is 5.32 Å². The van der Waals surface area contributed by atoms with E-state index < -0.39 is 59.0 Å². The monoisotopic (exact) mass is 498 g/mol. The zero-order valence-electron chi connectivity index (χ0n) is 18.4. The van der Waals surface area contributed by atoms with Crippen molar-refractivity contribution < 1.29 is 47.1 Å². The molecule has 13 heteroatoms. The van der Waals surface area contributed by atoms with Crippen LogP contribution in [-0.4, -0.2) is 48.1 Å². The van der Waals surface area contributed by atoms with Crippen molar-refractivity contribution in [1.82, 2.24) is 5.32 Å². The standard InChI is InChI=1S/C22H21F3N2O8/c1-34-17(28)11-16(12-5-9-15(10-6-12)27(32)33)18(21(31)35-2)26-20(30)19(29)13-3-7-14(8-4-13)22(23,24)25/h3-10,16,18-19,29H,11H2,1-2H3,(H,26,30)/t16-,18+,19+/m1/s1. The first kappa shape index (κ1) is 27.2. The van der Waals surface area contributed by atoms with Crippen molar-refractivity contribution in [3.05, 3.63) is 75.3 Å². The lowest BCUT2D eigenvalue weighted by molar-refractivity contribution is -0.384. The number of nitrogens with one attached hydrogen (secondary N) is 1. The number of esters is 2. The number of non-ortho nitro benzene ring substituents is 1. The topological polar surface area (TPSA) is 145 Å². The molecule has 0 aliphatic carbocycles. The van der Waals surface area contributed by atoms with E-state index in [0.29, 0.717) is 12.1 Å². The molecule has 10 nitrogen and oxygen atoms in total.